The first-order chi connectivity index (χ1) is 9.29. The van der Waals surface area contributed by atoms with Gasteiger partial charge in [-0.15, -0.1) is 0 Å². The van der Waals surface area contributed by atoms with Crippen molar-refractivity contribution in [3.05, 3.63) is 52.5 Å². The van der Waals surface area contributed by atoms with E-state index in [1.165, 1.54) is 18.2 Å². The predicted molar refractivity (Wildman–Crippen MR) is 75.7 cm³/mol. The summed E-state index contributed by atoms with van der Waals surface area (Å²) in [5.41, 5.74) is 5.78. The van der Waals surface area contributed by atoms with Crippen LogP contribution >= 0.6 is 15.9 Å². The second-order valence-corrected chi connectivity index (χ2v) is 6.45. The average molecular weight is 363 g/mol. The highest BCUT2D eigenvalue weighted by Crippen LogP contribution is 2.24. The summed E-state index contributed by atoms with van der Waals surface area (Å²) >= 11 is 3.15. The normalized spacial score (nSPS) is 11.3. The molecule has 0 aliphatic rings. The van der Waals surface area contributed by atoms with Gasteiger partial charge in [-0.25, -0.2) is 17.2 Å². The van der Waals surface area contributed by atoms with Crippen molar-refractivity contribution in [3.63, 3.8) is 0 Å². The Kier molecular flexibility index (Phi) is 3.96. The second kappa shape index (κ2) is 5.37. The molecule has 0 fully saturated rings. The van der Waals surface area contributed by atoms with Gasteiger partial charge in [-0.1, -0.05) is 0 Å². The van der Waals surface area contributed by atoms with Crippen LogP contribution in [-0.4, -0.2) is 8.42 Å². The van der Waals surface area contributed by atoms with E-state index in [0.29, 0.717) is 4.47 Å². The molecule has 0 aliphatic heterocycles. The molecule has 20 heavy (non-hydrogen) atoms. The van der Waals surface area contributed by atoms with Crippen molar-refractivity contribution in [2.24, 2.45) is 0 Å². The first-order valence-corrected chi connectivity index (χ1v) is 7.60. The van der Waals surface area contributed by atoms with E-state index < -0.39 is 21.7 Å². The number of benzene rings is 2. The predicted octanol–water partition coefficient (Wildman–Crippen LogP) is 3.11. The van der Waals surface area contributed by atoms with Gasteiger partial charge in [-0.3, -0.25) is 4.72 Å². The topological polar surface area (TPSA) is 72.2 Å². The van der Waals surface area contributed by atoms with Crippen molar-refractivity contribution >= 4 is 37.3 Å². The Morgan fingerprint density at radius 3 is 2.35 bits per heavy atom. The maximum atomic E-state index is 13.0. The Bertz CT molecular complexity index is 766. The number of hydrogen-bond acceptors (Lipinski definition) is 3. The maximum Gasteiger partial charge on any atom is 0.261 e. The van der Waals surface area contributed by atoms with Crippen LogP contribution in [0.15, 0.2) is 45.8 Å². The summed E-state index contributed by atoms with van der Waals surface area (Å²) in [7, 11) is -3.92. The third-order valence-electron chi connectivity index (χ3n) is 2.45. The molecule has 0 aliphatic carbocycles. The number of rotatable bonds is 3. The van der Waals surface area contributed by atoms with Gasteiger partial charge in [-0.05, 0) is 46.3 Å². The summed E-state index contributed by atoms with van der Waals surface area (Å²) < 4.78 is 52.6. The van der Waals surface area contributed by atoms with E-state index in [2.05, 4.69) is 20.7 Å². The van der Waals surface area contributed by atoms with Crippen molar-refractivity contribution in [1.29, 1.82) is 0 Å². The van der Waals surface area contributed by atoms with Crippen LogP contribution in [0.5, 0.6) is 0 Å². The van der Waals surface area contributed by atoms with Crippen LogP contribution in [0.4, 0.5) is 20.2 Å². The smallest absolute Gasteiger partial charge is 0.261 e. The number of nitrogen functional groups attached to an aromatic ring is 1. The Labute approximate surface area is 122 Å². The summed E-state index contributed by atoms with van der Waals surface area (Å²) in [4.78, 5) is -0.0806. The van der Waals surface area contributed by atoms with E-state index in [9.17, 15) is 17.2 Å². The first-order valence-electron chi connectivity index (χ1n) is 5.32. The van der Waals surface area contributed by atoms with Crippen LogP contribution in [0.1, 0.15) is 0 Å². The lowest BCUT2D eigenvalue weighted by atomic mass is 10.3. The molecule has 106 valence electrons. The lowest BCUT2D eigenvalue weighted by molar-refractivity contribution is 0.509. The lowest BCUT2D eigenvalue weighted by Crippen LogP contribution is -2.13. The van der Waals surface area contributed by atoms with E-state index >= 15 is 0 Å². The van der Waals surface area contributed by atoms with Crippen molar-refractivity contribution < 1.29 is 17.2 Å². The highest BCUT2D eigenvalue weighted by molar-refractivity contribution is 9.10. The van der Waals surface area contributed by atoms with Gasteiger partial charge >= 0.3 is 0 Å². The minimum absolute atomic E-state index is 0.0783. The Hall–Kier alpha value is -1.67. The SMILES string of the molecule is Nc1cc(S(=O)(=O)Nc2ccc(F)c(F)c2)ccc1Br. The van der Waals surface area contributed by atoms with Gasteiger partial charge in [0.1, 0.15) is 0 Å². The van der Waals surface area contributed by atoms with Crippen LogP contribution in [-0.2, 0) is 10.0 Å². The third kappa shape index (κ3) is 3.07. The summed E-state index contributed by atoms with van der Waals surface area (Å²) in [5, 5.41) is 0. The molecule has 8 heteroatoms. The fourth-order valence-corrected chi connectivity index (χ4v) is 2.79. The first kappa shape index (κ1) is 14.7. The summed E-state index contributed by atoms with van der Waals surface area (Å²) in [6.45, 7) is 0. The molecule has 4 nitrogen and oxygen atoms in total. The molecular formula is C12H9BrF2N2O2S. The summed E-state index contributed by atoms with van der Waals surface area (Å²) in [5.74, 6) is -2.19. The van der Waals surface area contributed by atoms with Gasteiger partial charge < -0.3 is 5.73 Å². The van der Waals surface area contributed by atoms with E-state index in [-0.39, 0.29) is 16.3 Å². The molecule has 0 spiro atoms. The zero-order valence-electron chi connectivity index (χ0n) is 9.90. The van der Waals surface area contributed by atoms with Gasteiger partial charge in [0.2, 0.25) is 0 Å². The fraction of sp³-hybridized carbons (Fsp3) is 0. The number of nitrogens with one attached hydrogen (secondary N) is 1. The molecule has 0 unspecified atom stereocenters. The summed E-state index contributed by atoms with van der Waals surface area (Å²) in [6.07, 6.45) is 0. The molecule has 0 atom stereocenters. The molecule has 0 saturated carbocycles. The molecule has 3 N–H and O–H groups in total. The van der Waals surface area contributed by atoms with Gasteiger partial charge in [0.05, 0.1) is 10.6 Å². The largest absolute Gasteiger partial charge is 0.398 e. The van der Waals surface area contributed by atoms with E-state index in [4.69, 9.17) is 5.73 Å². The van der Waals surface area contributed by atoms with Crippen LogP contribution in [0.2, 0.25) is 0 Å². The molecule has 2 rings (SSSR count). The van der Waals surface area contributed by atoms with E-state index in [0.717, 1.165) is 18.2 Å². The lowest BCUT2D eigenvalue weighted by Gasteiger charge is -2.09. The van der Waals surface area contributed by atoms with Crippen molar-refractivity contribution in [1.82, 2.24) is 0 Å². The number of anilines is 2. The average Bonchev–Trinajstić information content (AvgIpc) is 2.37. The molecule has 2 aromatic rings. The van der Waals surface area contributed by atoms with Crippen LogP contribution in [0.3, 0.4) is 0 Å². The molecular weight excluding hydrogens is 354 g/mol. The Morgan fingerprint density at radius 1 is 1.05 bits per heavy atom. The molecule has 0 amide bonds. The van der Waals surface area contributed by atoms with Gasteiger partial charge in [0.25, 0.3) is 10.0 Å². The Balaban J connectivity index is 2.35. The van der Waals surface area contributed by atoms with Gasteiger partial charge in [-0.2, -0.15) is 0 Å². The number of nitrogens with two attached hydrogens (primary N) is 1. The standard InChI is InChI=1S/C12H9BrF2N2O2S/c13-9-3-2-8(6-12(9)16)20(18,19)17-7-1-4-10(14)11(15)5-7/h1-6,17H,16H2. The molecule has 0 saturated heterocycles. The van der Waals surface area contributed by atoms with Crippen molar-refractivity contribution in [3.8, 4) is 0 Å². The maximum absolute atomic E-state index is 13.0. The zero-order chi connectivity index (χ0) is 14.9. The second-order valence-electron chi connectivity index (χ2n) is 3.92. The van der Waals surface area contributed by atoms with Gasteiger partial charge in [0.15, 0.2) is 11.6 Å². The monoisotopic (exact) mass is 362 g/mol. The van der Waals surface area contributed by atoms with E-state index in [1.54, 1.807) is 0 Å². The summed E-state index contributed by atoms with van der Waals surface area (Å²) in [6, 6.07) is 6.79. The van der Waals surface area contributed by atoms with Crippen molar-refractivity contribution in [2.45, 2.75) is 4.90 Å². The highest BCUT2D eigenvalue weighted by Gasteiger charge is 2.16. The molecule has 0 aromatic heterocycles. The van der Waals surface area contributed by atoms with E-state index in [1.807, 2.05) is 0 Å². The zero-order valence-corrected chi connectivity index (χ0v) is 12.3. The Morgan fingerprint density at radius 2 is 1.75 bits per heavy atom. The van der Waals surface area contributed by atoms with Crippen molar-refractivity contribution in [2.75, 3.05) is 10.5 Å². The van der Waals surface area contributed by atoms with Crippen LogP contribution in [0, 0.1) is 11.6 Å². The third-order valence-corrected chi connectivity index (χ3v) is 4.55. The van der Waals surface area contributed by atoms with Crippen LogP contribution in [0.25, 0.3) is 0 Å². The molecule has 2 aromatic carbocycles. The number of halogens is 3. The van der Waals surface area contributed by atoms with Gasteiger partial charge in [0, 0.05) is 16.2 Å². The minimum atomic E-state index is -3.92. The quantitative estimate of drug-likeness (QED) is 0.824. The van der Waals surface area contributed by atoms with Crippen LogP contribution < -0.4 is 10.5 Å². The minimum Gasteiger partial charge on any atom is -0.398 e. The molecule has 0 radical (unpaired) electrons. The highest BCUT2D eigenvalue weighted by atomic mass is 79.9. The fourth-order valence-electron chi connectivity index (χ4n) is 1.46. The number of sulfonamides is 1. The molecule has 0 heterocycles. The number of hydrogen-bond donors (Lipinski definition) is 2. The molecule has 0 bridgehead atoms.